The first-order valence-electron chi connectivity index (χ1n) is 6.83. The van der Waals surface area contributed by atoms with Gasteiger partial charge in [-0.2, -0.15) is 4.98 Å². The topological polar surface area (TPSA) is 87.2 Å². The van der Waals surface area contributed by atoms with Gasteiger partial charge in [0.15, 0.2) is 0 Å². The number of amides is 2. The van der Waals surface area contributed by atoms with E-state index in [9.17, 15) is 9.59 Å². The van der Waals surface area contributed by atoms with E-state index in [1.54, 1.807) is 17.2 Å². The highest BCUT2D eigenvalue weighted by Gasteiger charge is 2.33. The summed E-state index contributed by atoms with van der Waals surface area (Å²) in [5, 5.41) is 5.45. The van der Waals surface area contributed by atoms with Crippen molar-refractivity contribution in [2.24, 2.45) is 0 Å². The first-order valence-corrected chi connectivity index (χ1v) is 6.83. The van der Waals surface area contributed by atoms with Crippen LogP contribution in [0.25, 0.3) is 0 Å². The van der Waals surface area contributed by atoms with Crippen molar-refractivity contribution in [3.63, 3.8) is 0 Å². The molecule has 1 aliphatic rings. The molecule has 1 saturated heterocycles. The Labute approximate surface area is 117 Å². The number of rotatable bonds is 5. The Morgan fingerprint density at radius 3 is 2.95 bits per heavy atom. The Balaban J connectivity index is 2.23. The lowest BCUT2D eigenvalue weighted by Gasteiger charge is -2.34. The minimum atomic E-state index is -0.373. The molecular formula is C13H19N5O2. The van der Waals surface area contributed by atoms with Gasteiger partial charge in [-0.3, -0.25) is 14.9 Å². The molecule has 2 N–H and O–H groups in total. The molecule has 0 saturated carbocycles. The van der Waals surface area contributed by atoms with Crippen LogP contribution in [0.1, 0.15) is 26.7 Å². The number of nitrogens with zero attached hydrogens (tertiary/aromatic N) is 3. The maximum absolute atomic E-state index is 11.8. The van der Waals surface area contributed by atoms with E-state index in [0.717, 1.165) is 13.0 Å². The number of aromatic nitrogens is 2. The first kappa shape index (κ1) is 14.2. The average Bonchev–Trinajstić information content (AvgIpc) is 2.44. The van der Waals surface area contributed by atoms with Crippen LogP contribution in [0.5, 0.6) is 0 Å². The van der Waals surface area contributed by atoms with Gasteiger partial charge in [-0.15, -0.1) is 0 Å². The largest absolute Gasteiger partial charge is 0.354 e. The summed E-state index contributed by atoms with van der Waals surface area (Å²) in [6, 6.07) is 1.34. The van der Waals surface area contributed by atoms with Crippen molar-refractivity contribution in [3.05, 3.63) is 12.3 Å². The number of imide groups is 1. The lowest BCUT2D eigenvalue weighted by Crippen LogP contribution is -2.58. The van der Waals surface area contributed by atoms with E-state index in [2.05, 4.69) is 27.5 Å². The molecule has 1 aromatic rings. The van der Waals surface area contributed by atoms with Crippen LogP contribution in [-0.2, 0) is 9.59 Å². The van der Waals surface area contributed by atoms with Gasteiger partial charge < -0.3 is 10.2 Å². The van der Waals surface area contributed by atoms with Gasteiger partial charge in [0.05, 0.1) is 6.54 Å². The zero-order chi connectivity index (χ0) is 14.5. The van der Waals surface area contributed by atoms with Crippen molar-refractivity contribution in [2.45, 2.75) is 32.7 Å². The maximum atomic E-state index is 11.8. The molecule has 1 aliphatic heterocycles. The molecule has 7 nitrogen and oxygen atoms in total. The summed E-state index contributed by atoms with van der Waals surface area (Å²) >= 11 is 0. The monoisotopic (exact) mass is 277 g/mol. The van der Waals surface area contributed by atoms with Crippen molar-refractivity contribution in [2.75, 3.05) is 23.3 Å². The summed E-state index contributed by atoms with van der Waals surface area (Å²) in [4.78, 5) is 33.6. The number of anilines is 2. The fourth-order valence-corrected chi connectivity index (χ4v) is 2.14. The predicted octanol–water partition coefficient (Wildman–Crippen LogP) is 0.540. The standard InChI is InChI=1S/C13H19N5O2/c1-3-6-14-13-15-7-5-10(16-13)18-8-11(19)17-12(20)9(18)4-2/h5,7,9H,3-4,6,8H2,1-2H3,(H,14,15,16)(H,17,19,20). The normalized spacial score (nSPS) is 18.9. The lowest BCUT2D eigenvalue weighted by molar-refractivity contribution is -0.132. The Morgan fingerprint density at radius 2 is 2.25 bits per heavy atom. The van der Waals surface area contributed by atoms with Gasteiger partial charge in [0.1, 0.15) is 11.9 Å². The molecule has 2 rings (SSSR count). The zero-order valence-electron chi connectivity index (χ0n) is 11.7. The molecule has 2 amide bonds. The summed E-state index contributed by atoms with van der Waals surface area (Å²) in [5.41, 5.74) is 0. The molecule has 1 atom stereocenters. The van der Waals surface area contributed by atoms with Gasteiger partial charge in [-0.1, -0.05) is 13.8 Å². The minimum absolute atomic E-state index is 0.133. The molecule has 108 valence electrons. The molecule has 0 aliphatic carbocycles. The van der Waals surface area contributed by atoms with Crippen LogP contribution in [0.2, 0.25) is 0 Å². The fourth-order valence-electron chi connectivity index (χ4n) is 2.14. The molecule has 0 aromatic carbocycles. The smallest absolute Gasteiger partial charge is 0.249 e. The number of hydrogen-bond acceptors (Lipinski definition) is 6. The second kappa shape index (κ2) is 6.31. The van der Waals surface area contributed by atoms with E-state index in [1.165, 1.54) is 0 Å². The van der Waals surface area contributed by atoms with Crippen molar-refractivity contribution in [3.8, 4) is 0 Å². The van der Waals surface area contributed by atoms with Gasteiger partial charge in [0.2, 0.25) is 17.8 Å². The fraction of sp³-hybridized carbons (Fsp3) is 0.538. The number of nitrogens with one attached hydrogen (secondary N) is 2. The molecule has 1 fully saturated rings. The number of carbonyl (C=O) groups excluding carboxylic acids is 2. The van der Waals surface area contributed by atoms with Crippen LogP contribution in [0, 0.1) is 0 Å². The molecule has 0 bridgehead atoms. The van der Waals surface area contributed by atoms with Crippen molar-refractivity contribution in [1.29, 1.82) is 0 Å². The number of carbonyl (C=O) groups is 2. The van der Waals surface area contributed by atoms with Crippen LogP contribution in [0.3, 0.4) is 0 Å². The molecule has 0 spiro atoms. The van der Waals surface area contributed by atoms with E-state index >= 15 is 0 Å². The van der Waals surface area contributed by atoms with Crippen LogP contribution in [0.4, 0.5) is 11.8 Å². The van der Waals surface area contributed by atoms with Crippen LogP contribution in [0.15, 0.2) is 12.3 Å². The van der Waals surface area contributed by atoms with Gasteiger partial charge >= 0.3 is 0 Å². The van der Waals surface area contributed by atoms with E-state index in [-0.39, 0.29) is 24.4 Å². The van der Waals surface area contributed by atoms with Crippen molar-refractivity contribution >= 4 is 23.6 Å². The van der Waals surface area contributed by atoms with Crippen LogP contribution in [-0.4, -0.2) is 40.9 Å². The first-order chi connectivity index (χ1) is 9.65. The average molecular weight is 277 g/mol. The molecule has 1 unspecified atom stereocenters. The molecule has 2 heterocycles. The van der Waals surface area contributed by atoms with E-state index in [0.29, 0.717) is 18.2 Å². The van der Waals surface area contributed by atoms with Crippen molar-refractivity contribution < 1.29 is 9.59 Å². The highest BCUT2D eigenvalue weighted by Crippen LogP contribution is 2.19. The third-order valence-electron chi connectivity index (χ3n) is 3.11. The van der Waals surface area contributed by atoms with Crippen molar-refractivity contribution in [1.82, 2.24) is 15.3 Å². The van der Waals surface area contributed by atoms with Gasteiger partial charge in [0, 0.05) is 12.7 Å². The second-order valence-electron chi connectivity index (χ2n) is 4.63. The highest BCUT2D eigenvalue weighted by molar-refractivity contribution is 6.04. The lowest BCUT2D eigenvalue weighted by atomic mass is 10.1. The third kappa shape index (κ3) is 3.04. The Morgan fingerprint density at radius 1 is 1.45 bits per heavy atom. The SMILES string of the molecule is CCCNc1nccc(N2CC(=O)NC(=O)C2CC)n1. The Bertz CT molecular complexity index is 505. The Hall–Kier alpha value is -2.18. The second-order valence-corrected chi connectivity index (χ2v) is 4.63. The maximum Gasteiger partial charge on any atom is 0.249 e. The quantitative estimate of drug-likeness (QED) is 0.764. The number of hydrogen-bond donors (Lipinski definition) is 2. The zero-order valence-corrected chi connectivity index (χ0v) is 11.7. The summed E-state index contributed by atoms with van der Waals surface area (Å²) < 4.78 is 0. The van der Waals surface area contributed by atoms with E-state index in [4.69, 9.17) is 0 Å². The molecule has 0 radical (unpaired) electrons. The van der Waals surface area contributed by atoms with Gasteiger partial charge in [0.25, 0.3) is 0 Å². The Kier molecular flexibility index (Phi) is 4.49. The highest BCUT2D eigenvalue weighted by atomic mass is 16.2. The minimum Gasteiger partial charge on any atom is -0.354 e. The molecule has 1 aromatic heterocycles. The van der Waals surface area contributed by atoms with Gasteiger partial charge in [-0.05, 0) is 18.9 Å². The van der Waals surface area contributed by atoms with Crippen LogP contribution >= 0.6 is 0 Å². The summed E-state index contributed by atoms with van der Waals surface area (Å²) in [6.07, 6.45) is 3.21. The van der Waals surface area contributed by atoms with Gasteiger partial charge in [-0.25, -0.2) is 4.98 Å². The summed E-state index contributed by atoms with van der Waals surface area (Å²) in [7, 11) is 0. The molecule has 20 heavy (non-hydrogen) atoms. The van der Waals surface area contributed by atoms with E-state index in [1.807, 2.05) is 6.92 Å². The van der Waals surface area contributed by atoms with E-state index < -0.39 is 0 Å². The molecular weight excluding hydrogens is 258 g/mol. The number of piperazine rings is 1. The predicted molar refractivity (Wildman–Crippen MR) is 75.4 cm³/mol. The summed E-state index contributed by atoms with van der Waals surface area (Å²) in [6.45, 7) is 4.87. The van der Waals surface area contributed by atoms with Crippen LogP contribution < -0.4 is 15.5 Å². The third-order valence-corrected chi connectivity index (χ3v) is 3.11. The molecule has 7 heteroatoms. The summed E-state index contributed by atoms with van der Waals surface area (Å²) in [5.74, 6) is 0.526.